The Bertz CT molecular complexity index is 551. The molecule has 118 valence electrons. The minimum absolute atomic E-state index is 0.177. The van der Waals surface area contributed by atoms with E-state index in [1.807, 2.05) is 12.1 Å². The summed E-state index contributed by atoms with van der Waals surface area (Å²) in [5.74, 6) is 0. The number of benzene rings is 1. The lowest BCUT2D eigenvalue weighted by Crippen LogP contribution is -2.41. The van der Waals surface area contributed by atoms with E-state index in [1.165, 1.54) is 37.7 Å². The van der Waals surface area contributed by atoms with Crippen LogP contribution in [-0.2, 0) is 10.0 Å². The Kier molecular flexibility index (Phi) is 5.24. The third-order valence-electron chi connectivity index (χ3n) is 4.02. The molecule has 0 aromatic heterocycles. The number of aliphatic hydroxyl groups is 1. The molecule has 6 heteroatoms. The minimum atomic E-state index is -3.37. The zero-order chi connectivity index (χ0) is 15.5. The third kappa shape index (κ3) is 3.56. The number of sulfonamides is 1. The van der Waals surface area contributed by atoms with Crippen molar-refractivity contribution in [1.29, 1.82) is 0 Å². The first-order valence-corrected chi connectivity index (χ1v) is 8.81. The van der Waals surface area contributed by atoms with E-state index in [0.29, 0.717) is 10.9 Å². The second-order valence-electron chi connectivity index (χ2n) is 5.64. The lowest BCUT2D eigenvalue weighted by atomic mass is 9.91. The molecule has 1 saturated carbocycles. The van der Waals surface area contributed by atoms with Crippen LogP contribution in [0, 0.1) is 0 Å². The van der Waals surface area contributed by atoms with E-state index >= 15 is 0 Å². The molecule has 1 aromatic carbocycles. The highest BCUT2D eigenvalue weighted by Gasteiger charge is 2.25. The van der Waals surface area contributed by atoms with Gasteiger partial charge in [-0.1, -0.05) is 0 Å². The van der Waals surface area contributed by atoms with Crippen LogP contribution in [0.25, 0.3) is 0 Å². The van der Waals surface area contributed by atoms with Gasteiger partial charge in [0, 0.05) is 39.0 Å². The molecule has 0 unspecified atom stereocenters. The Morgan fingerprint density at radius 1 is 1.19 bits per heavy atom. The number of hydrogen-bond donors (Lipinski definition) is 1. The van der Waals surface area contributed by atoms with Crippen molar-refractivity contribution < 1.29 is 13.5 Å². The largest absolute Gasteiger partial charge is 0.396 e. The Morgan fingerprint density at radius 3 is 2.24 bits per heavy atom. The quantitative estimate of drug-likeness (QED) is 0.832. The van der Waals surface area contributed by atoms with Gasteiger partial charge in [0.15, 0.2) is 0 Å². The molecule has 1 aromatic rings. The normalized spacial score (nSPS) is 16.0. The molecule has 0 aliphatic heterocycles. The topological polar surface area (TPSA) is 60.9 Å². The highest BCUT2D eigenvalue weighted by molar-refractivity contribution is 7.89. The number of rotatable bonds is 7. The monoisotopic (exact) mass is 312 g/mol. The highest BCUT2D eigenvalue weighted by atomic mass is 32.2. The van der Waals surface area contributed by atoms with Gasteiger partial charge >= 0.3 is 0 Å². The van der Waals surface area contributed by atoms with Crippen LogP contribution in [-0.4, -0.2) is 51.1 Å². The molecule has 1 N–H and O–H groups in total. The average Bonchev–Trinajstić information content (AvgIpc) is 2.41. The second-order valence-corrected chi connectivity index (χ2v) is 7.79. The molecule has 0 saturated heterocycles. The molecule has 0 heterocycles. The standard InChI is InChI=1S/C15H24N2O3S/c1-16(2)21(19,20)15-9-7-14(8-10-15)17(11-4-12-18)13-5-3-6-13/h7-10,13,18H,3-6,11-12H2,1-2H3. The van der Waals surface area contributed by atoms with Crippen molar-refractivity contribution in [3.63, 3.8) is 0 Å². The van der Waals surface area contributed by atoms with Gasteiger partial charge in [-0.2, -0.15) is 0 Å². The molecule has 0 bridgehead atoms. The van der Waals surface area contributed by atoms with E-state index in [4.69, 9.17) is 5.11 Å². The molecule has 2 rings (SSSR count). The van der Waals surface area contributed by atoms with Crippen molar-refractivity contribution in [3.8, 4) is 0 Å². The van der Waals surface area contributed by atoms with Gasteiger partial charge in [-0.3, -0.25) is 0 Å². The molecule has 21 heavy (non-hydrogen) atoms. The molecule has 0 amide bonds. The Labute approximate surface area is 127 Å². The first-order valence-electron chi connectivity index (χ1n) is 7.37. The van der Waals surface area contributed by atoms with E-state index in [1.54, 1.807) is 12.1 Å². The lowest BCUT2D eigenvalue weighted by Gasteiger charge is -2.39. The molecule has 0 spiro atoms. The van der Waals surface area contributed by atoms with Crippen LogP contribution in [0.1, 0.15) is 25.7 Å². The number of hydrogen-bond acceptors (Lipinski definition) is 4. The van der Waals surface area contributed by atoms with Crippen LogP contribution >= 0.6 is 0 Å². The van der Waals surface area contributed by atoms with Crippen molar-refractivity contribution in [2.75, 3.05) is 32.1 Å². The van der Waals surface area contributed by atoms with Crippen molar-refractivity contribution in [3.05, 3.63) is 24.3 Å². The predicted molar refractivity (Wildman–Crippen MR) is 84.0 cm³/mol. The lowest BCUT2D eigenvalue weighted by molar-refractivity contribution is 0.283. The van der Waals surface area contributed by atoms with Crippen LogP contribution < -0.4 is 4.90 Å². The van der Waals surface area contributed by atoms with Crippen LogP contribution in [0.5, 0.6) is 0 Å². The zero-order valence-corrected chi connectivity index (χ0v) is 13.5. The van der Waals surface area contributed by atoms with Gasteiger partial charge in [-0.15, -0.1) is 0 Å². The van der Waals surface area contributed by atoms with Crippen molar-refractivity contribution in [1.82, 2.24) is 4.31 Å². The maximum atomic E-state index is 12.1. The van der Waals surface area contributed by atoms with E-state index in [-0.39, 0.29) is 6.61 Å². The van der Waals surface area contributed by atoms with Crippen molar-refractivity contribution in [2.24, 2.45) is 0 Å². The van der Waals surface area contributed by atoms with Crippen molar-refractivity contribution in [2.45, 2.75) is 36.6 Å². The second kappa shape index (κ2) is 6.77. The number of nitrogens with zero attached hydrogens (tertiary/aromatic N) is 2. The summed E-state index contributed by atoms with van der Waals surface area (Å²) in [5, 5.41) is 9.03. The van der Waals surface area contributed by atoms with Gasteiger partial charge in [-0.05, 0) is 49.9 Å². The summed E-state index contributed by atoms with van der Waals surface area (Å²) < 4.78 is 25.4. The van der Waals surface area contributed by atoms with Crippen LogP contribution in [0.15, 0.2) is 29.2 Å². The third-order valence-corrected chi connectivity index (χ3v) is 5.85. The first-order chi connectivity index (χ1) is 9.96. The van der Waals surface area contributed by atoms with Crippen LogP contribution in [0.3, 0.4) is 0 Å². The zero-order valence-electron chi connectivity index (χ0n) is 12.7. The highest BCUT2D eigenvalue weighted by Crippen LogP contribution is 2.30. The molecular weight excluding hydrogens is 288 g/mol. The number of anilines is 1. The maximum absolute atomic E-state index is 12.1. The summed E-state index contributed by atoms with van der Waals surface area (Å²) in [6.45, 7) is 0.983. The van der Waals surface area contributed by atoms with Crippen LogP contribution in [0.4, 0.5) is 5.69 Å². The van der Waals surface area contributed by atoms with Gasteiger partial charge in [-0.25, -0.2) is 12.7 Å². The Morgan fingerprint density at radius 2 is 1.81 bits per heavy atom. The summed E-state index contributed by atoms with van der Waals surface area (Å²) in [6, 6.07) is 7.58. The summed E-state index contributed by atoms with van der Waals surface area (Å²) in [6.07, 6.45) is 4.31. The SMILES string of the molecule is CN(C)S(=O)(=O)c1ccc(N(CCCO)C2CCC2)cc1. The van der Waals surface area contributed by atoms with Gasteiger partial charge in [0.2, 0.25) is 10.0 Å². The molecule has 1 aliphatic carbocycles. The summed E-state index contributed by atoms with van der Waals surface area (Å²) >= 11 is 0. The van der Waals surface area contributed by atoms with E-state index in [9.17, 15) is 8.42 Å². The molecule has 1 fully saturated rings. The molecular formula is C15H24N2O3S. The summed E-state index contributed by atoms with van der Waals surface area (Å²) in [4.78, 5) is 2.60. The number of aliphatic hydroxyl groups excluding tert-OH is 1. The summed E-state index contributed by atoms with van der Waals surface area (Å²) in [7, 11) is -0.308. The maximum Gasteiger partial charge on any atom is 0.242 e. The van der Waals surface area contributed by atoms with Gasteiger partial charge in [0.1, 0.15) is 0 Å². The average molecular weight is 312 g/mol. The molecule has 0 radical (unpaired) electrons. The Balaban J connectivity index is 2.19. The molecule has 1 aliphatic rings. The van der Waals surface area contributed by atoms with E-state index < -0.39 is 10.0 Å². The van der Waals surface area contributed by atoms with E-state index in [0.717, 1.165) is 18.7 Å². The predicted octanol–water partition coefficient (Wildman–Crippen LogP) is 1.68. The van der Waals surface area contributed by atoms with Gasteiger partial charge < -0.3 is 10.0 Å². The fraction of sp³-hybridized carbons (Fsp3) is 0.600. The van der Waals surface area contributed by atoms with Crippen molar-refractivity contribution >= 4 is 15.7 Å². The first kappa shape index (κ1) is 16.3. The minimum Gasteiger partial charge on any atom is -0.396 e. The molecule has 0 atom stereocenters. The molecule has 5 nitrogen and oxygen atoms in total. The van der Waals surface area contributed by atoms with Gasteiger partial charge in [0.05, 0.1) is 4.90 Å². The van der Waals surface area contributed by atoms with E-state index in [2.05, 4.69) is 4.90 Å². The summed E-state index contributed by atoms with van der Waals surface area (Å²) in [5.41, 5.74) is 1.03. The van der Waals surface area contributed by atoms with Crippen LogP contribution in [0.2, 0.25) is 0 Å². The fourth-order valence-electron chi connectivity index (χ4n) is 2.48. The fourth-order valence-corrected chi connectivity index (χ4v) is 3.38. The smallest absolute Gasteiger partial charge is 0.242 e. The van der Waals surface area contributed by atoms with Gasteiger partial charge in [0.25, 0.3) is 0 Å². The Hall–Kier alpha value is -1.11.